The Balaban J connectivity index is 2.92. The lowest BCUT2D eigenvalue weighted by Gasteiger charge is -2.04. The number of benzene rings is 1. The number of anilines is 1. The number of hydrogen-bond donors (Lipinski definition) is 3. The van der Waals surface area contributed by atoms with Crippen LogP contribution >= 0.6 is 0 Å². The molecule has 0 spiro atoms. The van der Waals surface area contributed by atoms with Crippen molar-refractivity contribution in [1.29, 1.82) is 0 Å². The first-order valence-electron chi connectivity index (χ1n) is 5.15. The number of carboxylic acids is 1. The van der Waals surface area contributed by atoms with E-state index < -0.39 is 11.8 Å². The summed E-state index contributed by atoms with van der Waals surface area (Å²) in [6.45, 7) is 1.60. The van der Waals surface area contributed by atoms with E-state index >= 15 is 0 Å². The molecule has 1 rings (SSSR count). The van der Waals surface area contributed by atoms with Gasteiger partial charge in [0.15, 0.2) is 0 Å². The highest BCUT2D eigenvalue weighted by atomic mass is 19.1. The molecule has 0 radical (unpaired) electrons. The minimum Gasteiger partial charge on any atom is -0.478 e. The van der Waals surface area contributed by atoms with Crippen molar-refractivity contribution < 1.29 is 19.1 Å². The van der Waals surface area contributed by atoms with Crippen LogP contribution < -0.4 is 11.1 Å². The first kappa shape index (κ1) is 13.7. The van der Waals surface area contributed by atoms with Crippen LogP contribution in [-0.2, 0) is 4.79 Å². The fraction of sp³-hybridized carbons (Fsp3) is 0.167. The van der Waals surface area contributed by atoms with Gasteiger partial charge in [-0.25, -0.2) is 9.18 Å². The molecule has 4 N–H and O–H groups in total. The Morgan fingerprint density at radius 1 is 1.50 bits per heavy atom. The second-order valence-electron chi connectivity index (χ2n) is 3.61. The molecule has 5 nitrogen and oxygen atoms in total. The van der Waals surface area contributed by atoms with Crippen molar-refractivity contribution in [1.82, 2.24) is 5.32 Å². The first-order chi connectivity index (χ1) is 8.41. The largest absolute Gasteiger partial charge is 0.478 e. The van der Waals surface area contributed by atoms with Crippen LogP contribution in [0.4, 0.5) is 10.1 Å². The zero-order valence-corrected chi connectivity index (χ0v) is 9.74. The maximum absolute atomic E-state index is 13.5. The number of halogens is 1. The summed E-state index contributed by atoms with van der Waals surface area (Å²) in [4.78, 5) is 21.4. The molecule has 0 fully saturated rings. The Morgan fingerprint density at radius 3 is 2.72 bits per heavy atom. The van der Waals surface area contributed by atoms with E-state index in [1.807, 2.05) is 0 Å². The molecule has 1 aromatic carbocycles. The van der Waals surface area contributed by atoms with Gasteiger partial charge in [0.05, 0.1) is 5.56 Å². The van der Waals surface area contributed by atoms with Crippen molar-refractivity contribution in [3.8, 4) is 0 Å². The molecule has 18 heavy (non-hydrogen) atoms. The summed E-state index contributed by atoms with van der Waals surface area (Å²) < 4.78 is 13.5. The summed E-state index contributed by atoms with van der Waals surface area (Å²) in [6, 6.07) is 2.11. The summed E-state index contributed by atoms with van der Waals surface area (Å²) in [7, 11) is 0. The van der Waals surface area contributed by atoms with Crippen LogP contribution in [0.5, 0.6) is 0 Å². The van der Waals surface area contributed by atoms with Crippen molar-refractivity contribution in [2.45, 2.75) is 6.92 Å². The first-order valence-corrected chi connectivity index (χ1v) is 5.15. The Morgan fingerprint density at radius 2 is 2.17 bits per heavy atom. The predicted molar refractivity (Wildman–Crippen MR) is 65.5 cm³/mol. The molecule has 6 heteroatoms. The molecule has 0 aromatic heterocycles. The van der Waals surface area contributed by atoms with E-state index in [1.165, 1.54) is 19.1 Å². The SMILES string of the molecule is CC(=O)NCC=Cc1cc(C(=O)O)c(N)cc1F. The average molecular weight is 252 g/mol. The number of carbonyl (C=O) groups is 2. The molecular weight excluding hydrogens is 239 g/mol. The summed E-state index contributed by atoms with van der Waals surface area (Å²) in [6.07, 6.45) is 2.90. The molecule has 0 aliphatic heterocycles. The van der Waals surface area contributed by atoms with E-state index in [2.05, 4.69) is 5.32 Å². The van der Waals surface area contributed by atoms with E-state index in [4.69, 9.17) is 10.8 Å². The Kier molecular flexibility index (Phi) is 4.42. The van der Waals surface area contributed by atoms with Gasteiger partial charge in [-0.3, -0.25) is 4.79 Å². The van der Waals surface area contributed by atoms with E-state index in [9.17, 15) is 14.0 Å². The topological polar surface area (TPSA) is 92.4 Å². The number of carboxylic acid groups (broad SMARTS) is 1. The molecule has 0 saturated carbocycles. The molecule has 1 amide bonds. The highest BCUT2D eigenvalue weighted by Gasteiger charge is 2.11. The van der Waals surface area contributed by atoms with Crippen molar-refractivity contribution in [3.63, 3.8) is 0 Å². The van der Waals surface area contributed by atoms with Gasteiger partial charge >= 0.3 is 5.97 Å². The van der Waals surface area contributed by atoms with Gasteiger partial charge in [0, 0.05) is 24.7 Å². The van der Waals surface area contributed by atoms with Crippen LogP contribution in [0.3, 0.4) is 0 Å². The zero-order valence-electron chi connectivity index (χ0n) is 9.74. The van der Waals surface area contributed by atoms with Gasteiger partial charge in [-0.05, 0) is 12.1 Å². The lowest BCUT2D eigenvalue weighted by Crippen LogP contribution is -2.19. The normalized spacial score (nSPS) is 10.6. The van der Waals surface area contributed by atoms with E-state index in [-0.39, 0.29) is 29.3 Å². The standard InChI is InChI=1S/C12H13FN2O3/c1-7(16)15-4-2-3-8-5-9(12(17)18)11(14)6-10(8)13/h2-3,5-6H,4,14H2,1H3,(H,15,16)(H,17,18). The lowest BCUT2D eigenvalue weighted by atomic mass is 10.1. The number of aromatic carboxylic acids is 1. The van der Waals surface area contributed by atoms with Crippen LogP contribution in [0.25, 0.3) is 6.08 Å². The molecule has 0 unspecified atom stereocenters. The van der Waals surface area contributed by atoms with Gasteiger partial charge in [0.1, 0.15) is 5.82 Å². The minimum atomic E-state index is -1.22. The highest BCUT2D eigenvalue weighted by Crippen LogP contribution is 2.19. The van der Waals surface area contributed by atoms with Crippen molar-refractivity contribution >= 4 is 23.6 Å². The van der Waals surface area contributed by atoms with Gasteiger partial charge in [-0.15, -0.1) is 0 Å². The maximum atomic E-state index is 13.5. The fourth-order valence-corrected chi connectivity index (χ4v) is 1.31. The summed E-state index contributed by atoms with van der Waals surface area (Å²) >= 11 is 0. The number of hydrogen-bond acceptors (Lipinski definition) is 3. The number of carbonyl (C=O) groups excluding carboxylic acids is 1. The van der Waals surface area contributed by atoms with Gasteiger partial charge in [0.25, 0.3) is 0 Å². The monoisotopic (exact) mass is 252 g/mol. The van der Waals surface area contributed by atoms with Crippen molar-refractivity contribution in [3.05, 3.63) is 35.2 Å². The van der Waals surface area contributed by atoms with Gasteiger partial charge in [-0.2, -0.15) is 0 Å². The Hall–Kier alpha value is -2.37. The molecule has 0 atom stereocenters. The van der Waals surface area contributed by atoms with Crippen LogP contribution in [-0.4, -0.2) is 23.5 Å². The van der Waals surface area contributed by atoms with Crippen LogP contribution in [0.15, 0.2) is 18.2 Å². The lowest BCUT2D eigenvalue weighted by molar-refractivity contribution is -0.118. The third-order valence-electron chi connectivity index (χ3n) is 2.17. The second kappa shape index (κ2) is 5.81. The van der Waals surface area contributed by atoms with Crippen molar-refractivity contribution in [2.75, 3.05) is 12.3 Å². The molecule has 0 aliphatic carbocycles. The third kappa shape index (κ3) is 3.58. The summed E-state index contributed by atoms with van der Waals surface area (Å²) in [5, 5.41) is 11.3. The maximum Gasteiger partial charge on any atom is 0.337 e. The molecule has 1 aromatic rings. The van der Waals surface area contributed by atoms with Crippen LogP contribution in [0.2, 0.25) is 0 Å². The second-order valence-corrected chi connectivity index (χ2v) is 3.61. The molecule has 0 saturated heterocycles. The predicted octanol–water partition coefficient (Wildman–Crippen LogP) is 1.26. The molecular formula is C12H13FN2O3. The number of rotatable bonds is 4. The number of nitrogens with two attached hydrogens (primary N) is 1. The molecule has 96 valence electrons. The molecule has 0 aliphatic rings. The average Bonchev–Trinajstić information content (AvgIpc) is 2.25. The molecule has 0 bridgehead atoms. The number of nitrogen functional groups attached to an aromatic ring is 1. The minimum absolute atomic E-state index is 0.104. The van der Waals surface area contributed by atoms with E-state index in [0.717, 1.165) is 12.1 Å². The van der Waals surface area contributed by atoms with Gasteiger partial charge in [-0.1, -0.05) is 12.2 Å². The summed E-state index contributed by atoms with van der Waals surface area (Å²) in [5.41, 5.74) is 5.20. The number of amides is 1. The third-order valence-corrected chi connectivity index (χ3v) is 2.17. The Labute approximate surface area is 103 Å². The highest BCUT2D eigenvalue weighted by molar-refractivity contribution is 5.94. The van der Waals surface area contributed by atoms with Gasteiger partial charge < -0.3 is 16.2 Å². The Bertz CT molecular complexity index is 512. The van der Waals surface area contributed by atoms with E-state index in [1.54, 1.807) is 0 Å². The van der Waals surface area contributed by atoms with Crippen LogP contribution in [0, 0.1) is 5.82 Å². The van der Waals surface area contributed by atoms with Gasteiger partial charge in [0.2, 0.25) is 5.91 Å². The van der Waals surface area contributed by atoms with Crippen molar-refractivity contribution in [2.24, 2.45) is 0 Å². The van der Waals surface area contributed by atoms with E-state index in [0.29, 0.717) is 0 Å². The quantitative estimate of drug-likeness (QED) is 0.703. The summed E-state index contributed by atoms with van der Waals surface area (Å²) in [5.74, 6) is -2.04. The number of nitrogens with one attached hydrogen (secondary N) is 1. The fourth-order valence-electron chi connectivity index (χ4n) is 1.31. The molecule has 0 heterocycles. The zero-order chi connectivity index (χ0) is 13.7. The smallest absolute Gasteiger partial charge is 0.337 e. The van der Waals surface area contributed by atoms with Crippen LogP contribution in [0.1, 0.15) is 22.8 Å².